The van der Waals surface area contributed by atoms with Crippen molar-refractivity contribution >= 4 is 5.70 Å². The third kappa shape index (κ3) is 1.94. The molecule has 2 heteroatoms. The van der Waals surface area contributed by atoms with E-state index in [1.165, 1.54) is 5.56 Å². The van der Waals surface area contributed by atoms with Crippen LogP contribution in [-0.2, 0) is 6.42 Å². The fourth-order valence-corrected chi connectivity index (χ4v) is 1.35. The molecule has 2 nitrogen and oxygen atoms in total. The number of rotatable bonds is 2. The highest BCUT2D eigenvalue weighted by Gasteiger charge is 2.04. The Balaban J connectivity index is 3.27. The lowest BCUT2D eigenvalue weighted by atomic mass is 10.0. The molecule has 1 aromatic rings. The van der Waals surface area contributed by atoms with Gasteiger partial charge in [0.15, 0.2) is 0 Å². The second kappa shape index (κ2) is 4.48. The number of benzene rings is 1. The number of nitrogens with two attached hydrogens (primary N) is 1. The quantitative estimate of drug-likeness (QED) is 0.721. The molecule has 14 heavy (non-hydrogen) atoms. The van der Waals surface area contributed by atoms with Crippen molar-refractivity contribution in [3.8, 4) is 6.07 Å². The molecule has 0 fully saturated rings. The highest BCUT2D eigenvalue weighted by Crippen LogP contribution is 2.18. The molecule has 0 amide bonds. The van der Waals surface area contributed by atoms with Gasteiger partial charge in [-0.1, -0.05) is 31.2 Å². The van der Waals surface area contributed by atoms with Crippen LogP contribution in [0.3, 0.4) is 0 Å². The molecule has 0 aliphatic rings. The van der Waals surface area contributed by atoms with E-state index in [4.69, 9.17) is 11.0 Å². The molecule has 1 rings (SSSR count). The van der Waals surface area contributed by atoms with Gasteiger partial charge in [-0.05, 0) is 18.9 Å². The van der Waals surface area contributed by atoms with Crippen molar-refractivity contribution in [1.29, 1.82) is 5.26 Å². The first-order valence-corrected chi connectivity index (χ1v) is 4.65. The van der Waals surface area contributed by atoms with Gasteiger partial charge in [-0.3, -0.25) is 0 Å². The van der Waals surface area contributed by atoms with Gasteiger partial charge >= 0.3 is 0 Å². The molecule has 0 radical (unpaired) electrons. The summed E-state index contributed by atoms with van der Waals surface area (Å²) in [6, 6.07) is 9.98. The Morgan fingerprint density at radius 3 is 2.64 bits per heavy atom. The first-order valence-electron chi connectivity index (χ1n) is 4.65. The average molecular weight is 186 g/mol. The number of allylic oxidation sites excluding steroid dienone is 1. The summed E-state index contributed by atoms with van der Waals surface area (Å²) < 4.78 is 0. The number of hydrogen-bond donors (Lipinski definition) is 1. The topological polar surface area (TPSA) is 49.8 Å². The average Bonchev–Trinajstić information content (AvgIpc) is 2.26. The minimum Gasteiger partial charge on any atom is -0.397 e. The number of aryl methyl sites for hydroxylation is 1. The van der Waals surface area contributed by atoms with Gasteiger partial charge in [0.05, 0.1) is 11.8 Å². The van der Waals surface area contributed by atoms with Gasteiger partial charge in [-0.25, -0.2) is 0 Å². The third-order valence-corrected chi connectivity index (χ3v) is 2.26. The van der Waals surface area contributed by atoms with Gasteiger partial charge < -0.3 is 5.73 Å². The van der Waals surface area contributed by atoms with E-state index in [0.717, 1.165) is 12.0 Å². The second-order valence-corrected chi connectivity index (χ2v) is 3.16. The molecule has 0 atom stereocenters. The van der Waals surface area contributed by atoms with Crippen molar-refractivity contribution in [2.24, 2.45) is 5.73 Å². The van der Waals surface area contributed by atoms with Crippen LogP contribution in [0.1, 0.15) is 25.0 Å². The normalized spacial score (nSPS) is 11.8. The first-order chi connectivity index (χ1) is 6.70. The van der Waals surface area contributed by atoms with Crippen LogP contribution in [-0.4, -0.2) is 0 Å². The van der Waals surface area contributed by atoms with E-state index in [0.29, 0.717) is 11.3 Å². The lowest BCUT2D eigenvalue weighted by molar-refractivity contribution is 1.12. The first kappa shape index (κ1) is 10.3. The van der Waals surface area contributed by atoms with Crippen LogP contribution in [0.2, 0.25) is 0 Å². The Morgan fingerprint density at radius 2 is 2.07 bits per heavy atom. The molecule has 0 heterocycles. The Hall–Kier alpha value is -1.75. The summed E-state index contributed by atoms with van der Waals surface area (Å²) in [7, 11) is 0. The number of nitrogens with zero attached hydrogens (tertiary/aromatic N) is 1. The van der Waals surface area contributed by atoms with Gasteiger partial charge in [0.2, 0.25) is 0 Å². The molecule has 0 aliphatic carbocycles. The van der Waals surface area contributed by atoms with Crippen molar-refractivity contribution < 1.29 is 0 Å². The maximum absolute atomic E-state index is 8.74. The van der Waals surface area contributed by atoms with E-state index in [2.05, 4.69) is 13.0 Å². The van der Waals surface area contributed by atoms with Crippen molar-refractivity contribution in [3.63, 3.8) is 0 Å². The molecule has 0 saturated heterocycles. The van der Waals surface area contributed by atoms with Crippen LogP contribution in [0.5, 0.6) is 0 Å². The van der Waals surface area contributed by atoms with E-state index in [9.17, 15) is 0 Å². The molecular weight excluding hydrogens is 172 g/mol. The minimum atomic E-state index is 0.575. The fourth-order valence-electron chi connectivity index (χ4n) is 1.35. The monoisotopic (exact) mass is 186 g/mol. The maximum atomic E-state index is 8.74. The zero-order chi connectivity index (χ0) is 10.6. The van der Waals surface area contributed by atoms with E-state index in [1.807, 2.05) is 24.3 Å². The van der Waals surface area contributed by atoms with Gasteiger partial charge in [-0.15, -0.1) is 0 Å². The Morgan fingerprint density at radius 1 is 1.43 bits per heavy atom. The Bertz CT molecular complexity index is 397. The van der Waals surface area contributed by atoms with Crippen molar-refractivity contribution in [3.05, 3.63) is 41.0 Å². The van der Waals surface area contributed by atoms with E-state index in [1.54, 1.807) is 6.92 Å². The molecule has 1 aromatic carbocycles. The molecule has 2 N–H and O–H groups in total. The summed E-state index contributed by atoms with van der Waals surface area (Å²) in [5.41, 5.74) is 9.21. The van der Waals surface area contributed by atoms with Gasteiger partial charge in [-0.2, -0.15) is 5.26 Å². The maximum Gasteiger partial charge on any atom is 0.0965 e. The highest BCUT2D eigenvalue weighted by molar-refractivity contribution is 5.70. The summed E-state index contributed by atoms with van der Waals surface area (Å²) in [6.45, 7) is 3.82. The largest absolute Gasteiger partial charge is 0.397 e. The summed E-state index contributed by atoms with van der Waals surface area (Å²) in [4.78, 5) is 0. The van der Waals surface area contributed by atoms with Crippen LogP contribution in [0, 0.1) is 11.3 Å². The van der Waals surface area contributed by atoms with Crippen molar-refractivity contribution in [1.82, 2.24) is 0 Å². The van der Waals surface area contributed by atoms with E-state index < -0.39 is 0 Å². The Labute approximate surface area is 84.7 Å². The standard InChI is InChI=1S/C12H14N2/c1-3-10-6-4-5-7-11(10)12(14)9(2)8-13/h4-7H,3,14H2,1-2H3/b12-9+. The van der Waals surface area contributed by atoms with Crippen molar-refractivity contribution in [2.45, 2.75) is 20.3 Å². The Kier molecular flexibility index (Phi) is 3.30. The van der Waals surface area contributed by atoms with Crippen LogP contribution in [0.25, 0.3) is 5.70 Å². The zero-order valence-corrected chi connectivity index (χ0v) is 8.54. The van der Waals surface area contributed by atoms with Gasteiger partial charge in [0.1, 0.15) is 0 Å². The van der Waals surface area contributed by atoms with E-state index in [-0.39, 0.29) is 0 Å². The second-order valence-electron chi connectivity index (χ2n) is 3.16. The summed E-state index contributed by atoms with van der Waals surface area (Å²) in [6.07, 6.45) is 0.926. The van der Waals surface area contributed by atoms with Crippen LogP contribution >= 0.6 is 0 Å². The smallest absolute Gasteiger partial charge is 0.0965 e. The molecule has 0 spiro atoms. The molecule has 72 valence electrons. The SMILES string of the molecule is CCc1ccccc1/C(N)=C(/C)C#N. The lowest BCUT2D eigenvalue weighted by Crippen LogP contribution is -2.02. The molecule has 0 bridgehead atoms. The van der Waals surface area contributed by atoms with Crippen molar-refractivity contribution in [2.75, 3.05) is 0 Å². The van der Waals surface area contributed by atoms with Gasteiger partial charge in [0, 0.05) is 11.1 Å². The molecule has 0 aliphatic heterocycles. The predicted octanol–water partition coefficient (Wildman–Crippen LogP) is 2.46. The van der Waals surface area contributed by atoms with Gasteiger partial charge in [0.25, 0.3) is 0 Å². The molecule has 0 aromatic heterocycles. The minimum absolute atomic E-state index is 0.575. The summed E-state index contributed by atoms with van der Waals surface area (Å²) in [5.74, 6) is 0. The molecule has 0 saturated carbocycles. The van der Waals surface area contributed by atoms with E-state index >= 15 is 0 Å². The van der Waals surface area contributed by atoms with Crippen LogP contribution < -0.4 is 5.73 Å². The number of hydrogen-bond acceptors (Lipinski definition) is 2. The third-order valence-electron chi connectivity index (χ3n) is 2.26. The highest BCUT2D eigenvalue weighted by atomic mass is 14.6. The zero-order valence-electron chi connectivity index (χ0n) is 8.54. The van der Waals surface area contributed by atoms with Crippen LogP contribution in [0.4, 0.5) is 0 Å². The summed E-state index contributed by atoms with van der Waals surface area (Å²) in [5, 5.41) is 8.74. The predicted molar refractivity (Wildman–Crippen MR) is 58.2 cm³/mol. The number of nitriles is 1. The molecular formula is C12H14N2. The fraction of sp³-hybridized carbons (Fsp3) is 0.250. The van der Waals surface area contributed by atoms with Crippen LogP contribution in [0.15, 0.2) is 29.8 Å². The lowest BCUT2D eigenvalue weighted by Gasteiger charge is -2.08. The summed E-state index contributed by atoms with van der Waals surface area (Å²) >= 11 is 0. The molecule has 0 unspecified atom stereocenters.